The normalized spacial score (nSPS) is 10.2. The molecule has 4 heteroatoms. The van der Waals surface area contributed by atoms with Gasteiger partial charge in [-0.05, 0) is 24.6 Å². The molecule has 3 N–H and O–H groups in total. The van der Waals surface area contributed by atoms with Crippen LogP contribution in [0, 0.1) is 0 Å². The standard InChI is InChI=1S/C13H19ClN2O/c1-2-3-4-5-8-16-12-9-10(13(15)17)6-7-11(12)14/h6-7,9,16H,2-5,8H2,1H3,(H2,15,17). The zero-order valence-electron chi connectivity index (χ0n) is 10.1. The highest BCUT2D eigenvalue weighted by Crippen LogP contribution is 2.22. The summed E-state index contributed by atoms with van der Waals surface area (Å²) in [6.45, 7) is 3.04. The maximum absolute atomic E-state index is 11.0. The molecule has 17 heavy (non-hydrogen) atoms. The third kappa shape index (κ3) is 4.65. The summed E-state index contributed by atoms with van der Waals surface area (Å²) in [5, 5.41) is 3.84. The lowest BCUT2D eigenvalue weighted by Crippen LogP contribution is -2.11. The molecule has 0 heterocycles. The first-order valence-electron chi connectivity index (χ1n) is 5.98. The van der Waals surface area contributed by atoms with Crippen LogP contribution in [0.2, 0.25) is 5.02 Å². The van der Waals surface area contributed by atoms with Gasteiger partial charge < -0.3 is 11.1 Å². The van der Waals surface area contributed by atoms with Gasteiger partial charge in [-0.25, -0.2) is 0 Å². The average Bonchev–Trinajstić information content (AvgIpc) is 2.30. The molecule has 3 nitrogen and oxygen atoms in total. The predicted octanol–water partition coefficient (Wildman–Crippen LogP) is 3.43. The van der Waals surface area contributed by atoms with Crippen LogP contribution in [0.25, 0.3) is 0 Å². The van der Waals surface area contributed by atoms with Crippen LogP contribution in [0.15, 0.2) is 18.2 Å². The molecule has 0 saturated carbocycles. The van der Waals surface area contributed by atoms with Gasteiger partial charge in [-0.15, -0.1) is 0 Å². The highest BCUT2D eigenvalue weighted by atomic mass is 35.5. The van der Waals surface area contributed by atoms with Gasteiger partial charge in [0.15, 0.2) is 0 Å². The molecule has 0 unspecified atom stereocenters. The number of unbranched alkanes of at least 4 members (excludes halogenated alkanes) is 3. The van der Waals surface area contributed by atoms with Crippen molar-refractivity contribution in [2.24, 2.45) is 5.73 Å². The molecule has 0 aliphatic carbocycles. The molecule has 1 amide bonds. The molecular weight excluding hydrogens is 236 g/mol. The number of rotatable bonds is 7. The zero-order chi connectivity index (χ0) is 12.7. The van der Waals surface area contributed by atoms with Crippen LogP contribution in [0.4, 0.5) is 5.69 Å². The van der Waals surface area contributed by atoms with E-state index in [1.807, 2.05) is 0 Å². The first kappa shape index (κ1) is 13.8. The molecule has 1 aromatic rings. The van der Waals surface area contributed by atoms with Gasteiger partial charge in [0.25, 0.3) is 0 Å². The van der Waals surface area contributed by atoms with Gasteiger partial charge in [-0.3, -0.25) is 4.79 Å². The third-order valence-corrected chi connectivity index (χ3v) is 2.93. The van der Waals surface area contributed by atoms with Crippen molar-refractivity contribution in [3.8, 4) is 0 Å². The van der Waals surface area contributed by atoms with Crippen molar-refractivity contribution in [2.45, 2.75) is 32.6 Å². The quantitative estimate of drug-likeness (QED) is 0.733. The molecule has 0 fully saturated rings. The number of hydrogen-bond acceptors (Lipinski definition) is 2. The predicted molar refractivity (Wildman–Crippen MR) is 72.6 cm³/mol. The minimum Gasteiger partial charge on any atom is -0.384 e. The largest absolute Gasteiger partial charge is 0.384 e. The lowest BCUT2D eigenvalue weighted by Gasteiger charge is -2.09. The summed E-state index contributed by atoms with van der Waals surface area (Å²) in [7, 11) is 0. The second-order valence-corrected chi connectivity index (χ2v) is 4.45. The Balaban J connectivity index is 2.51. The van der Waals surface area contributed by atoms with E-state index < -0.39 is 5.91 Å². The van der Waals surface area contributed by atoms with Crippen LogP contribution in [0.5, 0.6) is 0 Å². The lowest BCUT2D eigenvalue weighted by molar-refractivity contribution is 0.100. The second-order valence-electron chi connectivity index (χ2n) is 4.05. The zero-order valence-corrected chi connectivity index (χ0v) is 10.9. The third-order valence-electron chi connectivity index (χ3n) is 2.60. The van der Waals surface area contributed by atoms with Gasteiger partial charge in [0.1, 0.15) is 0 Å². The molecule has 0 spiro atoms. The molecule has 1 aromatic carbocycles. The number of nitrogens with two attached hydrogens (primary N) is 1. The number of anilines is 1. The van der Waals surface area contributed by atoms with Gasteiger partial charge in [-0.2, -0.15) is 0 Å². The Hall–Kier alpha value is -1.22. The number of carbonyl (C=O) groups excluding carboxylic acids is 1. The molecule has 0 aliphatic heterocycles. The minimum absolute atomic E-state index is 0.435. The number of hydrogen-bond donors (Lipinski definition) is 2. The van der Waals surface area contributed by atoms with E-state index in [0.29, 0.717) is 10.6 Å². The Morgan fingerprint density at radius 2 is 2.12 bits per heavy atom. The first-order valence-corrected chi connectivity index (χ1v) is 6.36. The fraction of sp³-hybridized carbons (Fsp3) is 0.462. The summed E-state index contributed by atoms with van der Waals surface area (Å²) in [6, 6.07) is 5.02. The minimum atomic E-state index is -0.435. The van der Waals surface area contributed by atoms with E-state index in [9.17, 15) is 4.79 Å². The van der Waals surface area contributed by atoms with Crippen LogP contribution in [0.3, 0.4) is 0 Å². The van der Waals surface area contributed by atoms with Crippen molar-refractivity contribution in [1.82, 2.24) is 0 Å². The van der Waals surface area contributed by atoms with Crippen molar-refractivity contribution in [3.63, 3.8) is 0 Å². The molecule has 0 atom stereocenters. The summed E-state index contributed by atoms with van der Waals surface area (Å²) >= 11 is 6.03. The van der Waals surface area contributed by atoms with Crippen molar-refractivity contribution in [3.05, 3.63) is 28.8 Å². The maximum atomic E-state index is 11.0. The number of halogens is 1. The molecular formula is C13H19ClN2O. The van der Waals surface area contributed by atoms with Crippen molar-refractivity contribution in [1.29, 1.82) is 0 Å². The molecule has 0 aliphatic rings. The van der Waals surface area contributed by atoms with Crippen molar-refractivity contribution in [2.75, 3.05) is 11.9 Å². The first-order chi connectivity index (χ1) is 8.15. The second kappa shape index (κ2) is 7.17. The topological polar surface area (TPSA) is 55.1 Å². The van der Waals surface area contributed by atoms with Gasteiger partial charge >= 0.3 is 0 Å². The summed E-state index contributed by atoms with van der Waals surface area (Å²) in [5.41, 5.74) is 6.47. The SMILES string of the molecule is CCCCCCNc1cc(C(N)=O)ccc1Cl. The van der Waals surface area contributed by atoms with Crippen molar-refractivity contribution >= 4 is 23.2 Å². The summed E-state index contributed by atoms with van der Waals surface area (Å²) in [6.07, 6.45) is 4.77. The van der Waals surface area contributed by atoms with Crippen LogP contribution < -0.4 is 11.1 Å². The molecule has 0 radical (unpaired) electrons. The van der Waals surface area contributed by atoms with Gasteiger partial charge in [0.05, 0.1) is 10.7 Å². The Morgan fingerprint density at radius 3 is 2.76 bits per heavy atom. The Morgan fingerprint density at radius 1 is 1.35 bits per heavy atom. The van der Waals surface area contributed by atoms with E-state index in [2.05, 4.69) is 12.2 Å². The van der Waals surface area contributed by atoms with Crippen LogP contribution in [-0.2, 0) is 0 Å². The molecule has 94 valence electrons. The van der Waals surface area contributed by atoms with Crippen molar-refractivity contribution < 1.29 is 4.79 Å². The fourth-order valence-electron chi connectivity index (χ4n) is 1.59. The summed E-state index contributed by atoms with van der Waals surface area (Å²) in [5.74, 6) is -0.435. The number of carbonyl (C=O) groups is 1. The van der Waals surface area contributed by atoms with E-state index in [4.69, 9.17) is 17.3 Å². The van der Waals surface area contributed by atoms with Gasteiger partial charge in [0, 0.05) is 12.1 Å². The number of primary amides is 1. The lowest BCUT2D eigenvalue weighted by atomic mass is 10.1. The number of benzene rings is 1. The van der Waals surface area contributed by atoms with Gasteiger partial charge in [-0.1, -0.05) is 37.8 Å². The number of amides is 1. The Labute approximate surface area is 107 Å². The van der Waals surface area contributed by atoms with Crippen LogP contribution in [0.1, 0.15) is 43.0 Å². The van der Waals surface area contributed by atoms with Crippen LogP contribution >= 0.6 is 11.6 Å². The summed E-state index contributed by atoms with van der Waals surface area (Å²) < 4.78 is 0. The molecule has 0 saturated heterocycles. The Bertz CT molecular complexity index is 380. The van der Waals surface area contributed by atoms with E-state index in [1.165, 1.54) is 19.3 Å². The molecule has 0 aromatic heterocycles. The smallest absolute Gasteiger partial charge is 0.248 e. The van der Waals surface area contributed by atoms with E-state index in [0.717, 1.165) is 18.7 Å². The summed E-state index contributed by atoms with van der Waals surface area (Å²) in [4.78, 5) is 11.0. The Kier molecular flexibility index (Phi) is 5.84. The average molecular weight is 255 g/mol. The van der Waals surface area contributed by atoms with Crippen LogP contribution in [-0.4, -0.2) is 12.5 Å². The highest BCUT2D eigenvalue weighted by molar-refractivity contribution is 6.33. The van der Waals surface area contributed by atoms with Gasteiger partial charge in [0.2, 0.25) is 5.91 Å². The maximum Gasteiger partial charge on any atom is 0.248 e. The van der Waals surface area contributed by atoms with E-state index in [-0.39, 0.29) is 0 Å². The number of nitrogens with one attached hydrogen (secondary N) is 1. The molecule has 0 bridgehead atoms. The fourth-order valence-corrected chi connectivity index (χ4v) is 1.77. The highest BCUT2D eigenvalue weighted by Gasteiger charge is 2.05. The molecule has 1 rings (SSSR count). The van der Waals surface area contributed by atoms with E-state index in [1.54, 1.807) is 18.2 Å². The monoisotopic (exact) mass is 254 g/mol. The van der Waals surface area contributed by atoms with E-state index >= 15 is 0 Å².